The highest BCUT2D eigenvalue weighted by atomic mass is 32.3. The van der Waals surface area contributed by atoms with Gasteiger partial charge < -0.3 is 9.64 Å². The van der Waals surface area contributed by atoms with Gasteiger partial charge in [0, 0.05) is 13.1 Å². The third kappa shape index (κ3) is 3.84. The summed E-state index contributed by atoms with van der Waals surface area (Å²) in [5.74, 6) is -0.893. The molecule has 0 radical (unpaired) electrons. The molecule has 6 nitrogen and oxygen atoms in total. The van der Waals surface area contributed by atoms with Gasteiger partial charge in [0.1, 0.15) is 16.8 Å². The molecule has 0 N–H and O–H groups in total. The fourth-order valence-corrected chi connectivity index (χ4v) is 2.57. The van der Waals surface area contributed by atoms with Gasteiger partial charge in [0.25, 0.3) is 0 Å². The van der Waals surface area contributed by atoms with Crippen molar-refractivity contribution in [2.24, 2.45) is 5.41 Å². The molecule has 1 rings (SSSR count). The van der Waals surface area contributed by atoms with E-state index in [0.717, 1.165) is 0 Å². The Labute approximate surface area is 106 Å². The number of hydrogen-bond acceptors (Lipinski definition) is 5. The second kappa shape index (κ2) is 4.39. The van der Waals surface area contributed by atoms with Gasteiger partial charge >= 0.3 is 16.3 Å². The molecule has 1 aliphatic heterocycles. The zero-order valence-corrected chi connectivity index (χ0v) is 11.3. The Balaban J connectivity index is 2.62. The molecule has 0 aromatic carbocycles. The second-order valence-corrected chi connectivity index (χ2v) is 6.78. The first-order valence-electron chi connectivity index (χ1n) is 5.28. The van der Waals surface area contributed by atoms with E-state index in [1.165, 1.54) is 4.90 Å². The third-order valence-electron chi connectivity index (χ3n) is 2.32. The van der Waals surface area contributed by atoms with Gasteiger partial charge in [-0.05, 0) is 20.8 Å². The molecule has 0 aromatic rings. The molecular weight excluding hydrogens is 263 g/mol. The van der Waals surface area contributed by atoms with E-state index in [4.69, 9.17) is 10.00 Å². The highest BCUT2D eigenvalue weighted by Crippen LogP contribution is 2.32. The Bertz CT molecular complexity index is 483. The van der Waals surface area contributed by atoms with E-state index in [0.29, 0.717) is 0 Å². The highest BCUT2D eigenvalue weighted by molar-refractivity contribution is 7.86. The molecule has 0 aromatic heterocycles. The number of likely N-dealkylation sites (tertiary alicyclic amines) is 1. The van der Waals surface area contributed by atoms with Crippen LogP contribution in [0.15, 0.2) is 0 Å². The van der Waals surface area contributed by atoms with Gasteiger partial charge in [-0.15, -0.1) is 3.89 Å². The summed E-state index contributed by atoms with van der Waals surface area (Å²) in [6.07, 6.45) is -0.635. The Kier molecular flexibility index (Phi) is 3.58. The van der Waals surface area contributed by atoms with E-state index in [2.05, 4.69) is 0 Å². The summed E-state index contributed by atoms with van der Waals surface area (Å²) in [6.45, 7) is 4.79. The number of halogens is 1. The van der Waals surface area contributed by atoms with Crippen LogP contribution in [0.4, 0.5) is 8.68 Å². The maximum Gasteiger partial charge on any atom is 0.410 e. The number of nitrogens with zero attached hydrogens (tertiary/aromatic N) is 2. The Hall–Kier alpha value is -1.36. The fourth-order valence-electron chi connectivity index (χ4n) is 1.66. The Morgan fingerprint density at radius 1 is 1.50 bits per heavy atom. The molecule has 0 aliphatic carbocycles. The average molecular weight is 278 g/mol. The van der Waals surface area contributed by atoms with Gasteiger partial charge in [-0.1, -0.05) is 0 Å². The minimum Gasteiger partial charge on any atom is -0.444 e. The SMILES string of the molecule is CC(C)(C)OC(=O)N1CC(C#N)(CS(=O)(=O)F)C1. The van der Waals surface area contributed by atoms with E-state index >= 15 is 0 Å². The van der Waals surface area contributed by atoms with Crippen LogP contribution in [0.5, 0.6) is 0 Å². The number of hydrogen-bond donors (Lipinski definition) is 0. The molecule has 1 amide bonds. The first-order valence-corrected chi connectivity index (χ1v) is 6.83. The van der Waals surface area contributed by atoms with Gasteiger partial charge in [0.05, 0.1) is 6.07 Å². The molecule has 1 saturated heterocycles. The van der Waals surface area contributed by atoms with Gasteiger partial charge in [0.2, 0.25) is 0 Å². The summed E-state index contributed by atoms with van der Waals surface area (Å²) in [6, 6.07) is 1.75. The third-order valence-corrected chi connectivity index (χ3v) is 3.22. The van der Waals surface area contributed by atoms with Gasteiger partial charge in [-0.25, -0.2) is 4.79 Å². The van der Waals surface area contributed by atoms with Crippen LogP contribution < -0.4 is 0 Å². The van der Waals surface area contributed by atoms with Crippen LogP contribution in [0.3, 0.4) is 0 Å². The molecular formula is C10H15FN2O4S. The van der Waals surface area contributed by atoms with Crippen molar-refractivity contribution in [2.45, 2.75) is 26.4 Å². The first-order chi connectivity index (χ1) is 7.96. The summed E-state index contributed by atoms with van der Waals surface area (Å²) in [5.41, 5.74) is -2.03. The van der Waals surface area contributed by atoms with Crippen molar-refractivity contribution in [1.82, 2.24) is 4.90 Å². The molecule has 0 atom stereocenters. The molecule has 1 aliphatic rings. The van der Waals surface area contributed by atoms with Crippen LogP contribution in [0.2, 0.25) is 0 Å². The van der Waals surface area contributed by atoms with Crippen molar-refractivity contribution in [3.63, 3.8) is 0 Å². The van der Waals surface area contributed by atoms with Crippen molar-refractivity contribution in [3.05, 3.63) is 0 Å². The zero-order chi connectivity index (χ0) is 14.2. The predicted octanol–water partition coefficient (Wildman–Crippen LogP) is 1.05. The van der Waals surface area contributed by atoms with Crippen molar-refractivity contribution >= 4 is 16.3 Å². The normalized spacial score (nSPS) is 18.7. The van der Waals surface area contributed by atoms with Crippen molar-refractivity contribution in [3.8, 4) is 6.07 Å². The molecule has 8 heteroatoms. The van der Waals surface area contributed by atoms with Crippen LogP contribution in [0.25, 0.3) is 0 Å². The minimum absolute atomic E-state index is 0.137. The van der Waals surface area contributed by atoms with Crippen LogP contribution in [-0.2, 0) is 15.0 Å². The van der Waals surface area contributed by atoms with Crippen molar-refractivity contribution in [1.29, 1.82) is 5.26 Å². The lowest BCUT2D eigenvalue weighted by Gasteiger charge is -2.44. The maximum absolute atomic E-state index is 12.6. The number of ether oxygens (including phenoxy) is 1. The molecule has 0 bridgehead atoms. The molecule has 102 valence electrons. The minimum atomic E-state index is -4.74. The lowest BCUT2D eigenvalue weighted by Crippen LogP contribution is -2.60. The van der Waals surface area contributed by atoms with Crippen LogP contribution in [-0.4, -0.2) is 43.9 Å². The first kappa shape index (κ1) is 14.7. The Morgan fingerprint density at radius 2 is 2.00 bits per heavy atom. The quantitative estimate of drug-likeness (QED) is 0.704. The summed E-state index contributed by atoms with van der Waals surface area (Å²) in [4.78, 5) is 12.7. The lowest BCUT2D eigenvalue weighted by atomic mass is 9.84. The van der Waals surface area contributed by atoms with Gasteiger partial charge in [-0.2, -0.15) is 13.7 Å². The molecule has 1 fully saturated rings. The maximum atomic E-state index is 12.6. The standard InChI is InChI=1S/C10H15FN2O4S/c1-9(2,3)17-8(14)13-5-10(4-12,6-13)7-18(11,15)16/h5-7H2,1-3H3. The van der Waals surface area contributed by atoms with Crippen LogP contribution >= 0.6 is 0 Å². The summed E-state index contributed by atoms with van der Waals surface area (Å²) in [5, 5.41) is 8.87. The predicted molar refractivity (Wildman–Crippen MR) is 60.7 cm³/mol. The van der Waals surface area contributed by atoms with E-state index in [-0.39, 0.29) is 13.1 Å². The van der Waals surface area contributed by atoms with Gasteiger partial charge in [-0.3, -0.25) is 0 Å². The number of carbonyl (C=O) groups excluding carboxylic acids is 1. The smallest absolute Gasteiger partial charge is 0.410 e. The van der Waals surface area contributed by atoms with E-state index in [9.17, 15) is 17.1 Å². The lowest BCUT2D eigenvalue weighted by molar-refractivity contribution is -0.0113. The number of rotatable bonds is 2. The number of carbonyl (C=O) groups is 1. The number of amides is 1. The molecule has 18 heavy (non-hydrogen) atoms. The topological polar surface area (TPSA) is 87.5 Å². The monoisotopic (exact) mass is 278 g/mol. The fraction of sp³-hybridized carbons (Fsp3) is 0.800. The molecule has 0 unspecified atom stereocenters. The molecule has 0 spiro atoms. The summed E-state index contributed by atoms with van der Waals surface area (Å²) >= 11 is 0. The summed E-state index contributed by atoms with van der Waals surface area (Å²) in [7, 11) is -4.74. The summed E-state index contributed by atoms with van der Waals surface area (Å²) < 4.78 is 38.7. The largest absolute Gasteiger partial charge is 0.444 e. The van der Waals surface area contributed by atoms with Crippen LogP contribution in [0.1, 0.15) is 20.8 Å². The van der Waals surface area contributed by atoms with E-state index < -0.39 is 33.1 Å². The number of nitriles is 1. The molecule has 1 heterocycles. The Morgan fingerprint density at radius 3 is 2.33 bits per heavy atom. The van der Waals surface area contributed by atoms with Crippen molar-refractivity contribution in [2.75, 3.05) is 18.8 Å². The second-order valence-electron chi connectivity index (χ2n) is 5.41. The van der Waals surface area contributed by atoms with Crippen molar-refractivity contribution < 1.29 is 21.8 Å². The highest BCUT2D eigenvalue weighted by Gasteiger charge is 2.50. The van der Waals surface area contributed by atoms with E-state index in [1.807, 2.05) is 0 Å². The van der Waals surface area contributed by atoms with Gasteiger partial charge in [0.15, 0.2) is 0 Å². The van der Waals surface area contributed by atoms with E-state index in [1.54, 1.807) is 26.8 Å². The molecule has 0 saturated carbocycles. The van der Waals surface area contributed by atoms with Crippen LogP contribution in [0, 0.1) is 16.7 Å². The average Bonchev–Trinajstić information content (AvgIpc) is 2.05. The zero-order valence-electron chi connectivity index (χ0n) is 10.4.